The molecule has 1 N–H and O–H groups in total. The van der Waals surface area contributed by atoms with Crippen molar-refractivity contribution in [1.82, 2.24) is 20.3 Å². The van der Waals surface area contributed by atoms with Crippen LogP contribution in [0, 0.1) is 0 Å². The van der Waals surface area contributed by atoms with Crippen molar-refractivity contribution < 1.29 is 23.5 Å². The maximum absolute atomic E-state index is 12.4. The van der Waals surface area contributed by atoms with Gasteiger partial charge in [-0.25, -0.2) is 9.37 Å². The molecule has 4 rings (SSSR count). The fraction of sp³-hybridized carbons (Fsp3) is 0.294. The van der Waals surface area contributed by atoms with Crippen molar-refractivity contribution in [1.29, 1.82) is 0 Å². The van der Waals surface area contributed by atoms with Crippen molar-refractivity contribution in [2.24, 2.45) is 4.99 Å². The molecule has 0 radical (unpaired) electrons. The van der Waals surface area contributed by atoms with E-state index in [0.29, 0.717) is 17.3 Å². The van der Waals surface area contributed by atoms with Crippen LogP contribution in [-0.4, -0.2) is 76.2 Å². The van der Waals surface area contributed by atoms with E-state index in [9.17, 15) is 14.4 Å². The van der Waals surface area contributed by atoms with Crippen molar-refractivity contribution >= 4 is 41.4 Å². The molecule has 2 aliphatic rings. The third-order valence-corrected chi connectivity index (χ3v) is 5.40. The standard InChI is InChI=1S/C17H16N6O4S/c1-21-15-14(16(25)22(2)17(21)26)23(9-19-15)8-13(24)18-7-10-6-11(27-20-10)12-4-3-5-28-12/h3-6,9,14H,7-8H2,1-2H3/p+1. The van der Waals surface area contributed by atoms with Crippen LogP contribution >= 0.6 is 11.3 Å². The van der Waals surface area contributed by atoms with Gasteiger partial charge in [0.15, 0.2) is 12.3 Å². The van der Waals surface area contributed by atoms with Crippen LogP contribution in [-0.2, 0) is 16.1 Å². The van der Waals surface area contributed by atoms with Gasteiger partial charge in [-0.2, -0.15) is 0 Å². The first-order valence-electron chi connectivity index (χ1n) is 8.44. The Bertz CT molecular complexity index is 1010. The number of rotatable bonds is 5. The molecule has 1 atom stereocenters. The molecular weight excluding hydrogens is 384 g/mol. The number of aromatic nitrogens is 1. The van der Waals surface area contributed by atoms with Crippen LogP contribution < -0.4 is 5.32 Å². The minimum Gasteiger partial charge on any atom is -0.355 e. The number of nitrogens with zero attached hydrogens (tertiary/aromatic N) is 5. The zero-order chi connectivity index (χ0) is 19.8. The molecule has 0 aliphatic carbocycles. The number of likely N-dealkylation sites (N-methyl/N-ethyl adjacent to an activating group) is 2. The number of aliphatic imine (C=N–C) groups is 1. The second-order valence-corrected chi connectivity index (χ2v) is 7.30. The zero-order valence-corrected chi connectivity index (χ0v) is 16.0. The molecule has 4 amide bonds. The number of nitrogens with one attached hydrogen (secondary N) is 1. The minimum atomic E-state index is -0.782. The molecule has 4 heterocycles. The average Bonchev–Trinajstić information content (AvgIpc) is 3.43. The number of amidine groups is 1. The molecule has 0 aromatic carbocycles. The van der Waals surface area contributed by atoms with Gasteiger partial charge in [-0.3, -0.25) is 19.4 Å². The van der Waals surface area contributed by atoms with E-state index < -0.39 is 18.0 Å². The Labute approximate surface area is 163 Å². The second-order valence-electron chi connectivity index (χ2n) is 6.35. The Kier molecular flexibility index (Phi) is 4.51. The van der Waals surface area contributed by atoms with Gasteiger partial charge in [0.1, 0.15) is 5.69 Å². The number of hydrogen-bond acceptors (Lipinski definition) is 7. The zero-order valence-electron chi connectivity index (χ0n) is 15.2. The van der Waals surface area contributed by atoms with Crippen LogP contribution in [0.5, 0.6) is 0 Å². The molecule has 28 heavy (non-hydrogen) atoms. The molecule has 0 spiro atoms. The number of carbonyl (C=O) groups is 3. The SMILES string of the molecule is CN1C(=O)C2C(=NC=[N+]2CC(=O)NCc2cc(-c3cccs3)on2)N(C)C1=O. The summed E-state index contributed by atoms with van der Waals surface area (Å²) in [7, 11) is 2.95. The first-order valence-corrected chi connectivity index (χ1v) is 9.32. The number of thiophene rings is 1. The molecule has 1 fully saturated rings. The lowest BCUT2D eigenvalue weighted by atomic mass is 10.1. The summed E-state index contributed by atoms with van der Waals surface area (Å²) in [6.07, 6.45) is 1.41. The lowest BCUT2D eigenvalue weighted by molar-refractivity contribution is -0.519. The average molecular weight is 401 g/mol. The van der Waals surface area contributed by atoms with Crippen LogP contribution in [0.2, 0.25) is 0 Å². The van der Waals surface area contributed by atoms with Gasteiger partial charge >= 0.3 is 6.03 Å². The van der Waals surface area contributed by atoms with Crippen LogP contribution in [0.3, 0.4) is 0 Å². The lowest BCUT2D eigenvalue weighted by Crippen LogP contribution is -2.62. The number of amides is 4. The maximum atomic E-state index is 12.4. The minimum absolute atomic E-state index is 0.0745. The predicted molar refractivity (Wildman–Crippen MR) is 100 cm³/mol. The van der Waals surface area contributed by atoms with Gasteiger partial charge in [0.2, 0.25) is 0 Å². The number of urea groups is 1. The highest BCUT2D eigenvalue weighted by Crippen LogP contribution is 2.25. The summed E-state index contributed by atoms with van der Waals surface area (Å²) in [6, 6.07) is 4.38. The third kappa shape index (κ3) is 3.09. The number of fused-ring (bicyclic) bond motifs is 1. The van der Waals surface area contributed by atoms with Crippen molar-refractivity contribution in [2.45, 2.75) is 12.6 Å². The fourth-order valence-electron chi connectivity index (χ4n) is 3.01. The maximum Gasteiger partial charge on any atom is 0.333 e. The van der Waals surface area contributed by atoms with Crippen molar-refractivity contribution in [3.8, 4) is 10.6 Å². The molecule has 2 aliphatic heterocycles. The molecule has 2 aromatic rings. The fourth-order valence-corrected chi connectivity index (χ4v) is 3.69. The van der Waals surface area contributed by atoms with E-state index in [4.69, 9.17) is 4.52 Å². The molecule has 144 valence electrons. The van der Waals surface area contributed by atoms with Gasteiger partial charge in [-0.15, -0.1) is 11.3 Å². The van der Waals surface area contributed by atoms with Crippen LogP contribution in [0.4, 0.5) is 4.79 Å². The Hall–Kier alpha value is -3.34. The van der Waals surface area contributed by atoms with E-state index in [-0.39, 0.29) is 19.0 Å². The molecule has 10 nitrogen and oxygen atoms in total. The van der Waals surface area contributed by atoms with Crippen LogP contribution in [0.15, 0.2) is 33.1 Å². The summed E-state index contributed by atoms with van der Waals surface area (Å²) < 4.78 is 6.79. The largest absolute Gasteiger partial charge is 0.355 e. The summed E-state index contributed by atoms with van der Waals surface area (Å²) >= 11 is 1.54. The van der Waals surface area contributed by atoms with Crippen molar-refractivity contribution in [3.05, 3.63) is 29.3 Å². The molecule has 1 unspecified atom stereocenters. The van der Waals surface area contributed by atoms with Gasteiger partial charge in [0.05, 0.1) is 11.4 Å². The van der Waals surface area contributed by atoms with Crippen LogP contribution in [0.1, 0.15) is 5.69 Å². The first kappa shape index (κ1) is 18.0. The number of imide groups is 1. The summed E-state index contributed by atoms with van der Waals surface area (Å²) in [5, 5.41) is 8.64. The lowest BCUT2D eigenvalue weighted by Gasteiger charge is -2.30. The van der Waals surface area contributed by atoms with Gasteiger partial charge in [0.25, 0.3) is 30.0 Å². The third-order valence-electron chi connectivity index (χ3n) is 4.51. The van der Waals surface area contributed by atoms with E-state index in [1.165, 1.54) is 34.2 Å². The van der Waals surface area contributed by atoms with Crippen molar-refractivity contribution in [2.75, 3.05) is 20.6 Å². The Morgan fingerprint density at radius 1 is 1.36 bits per heavy atom. The highest BCUT2D eigenvalue weighted by molar-refractivity contribution is 7.13. The molecular formula is C17H17N6O4S+. The molecule has 2 aromatic heterocycles. The quantitative estimate of drug-likeness (QED) is 0.728. The van der Waals surface area contributed by atoms with Crippen molar-refractivity contribution in [3.63, 3.8) is 0 Å². The summed E-state index contributed by atoms with van der Waals surface area (Å²) in [5.74, 6) is 0.246. The van der Waals surface area contributed by atoms with E-state index in [1.54, 1.807) is 13.1 Å². The van der Waals surface area contributed by atoms with E-state index in [0.717, 1.165) is 9.78 Å². The summed E-state index contributed by atoms with van der Waals surface area (Å²) in [4.78, 5) is 44.2. The number of hydrogen-bond donors (Lipinski definition) is 1. The Morgan fingerprint density at radius 3 is 2.93 bits per heavy atom. The monoisotopic (exact) mass is 401 g/mol. The van der Waals surface area contributed by atoms with Gasteiger partial charge in [-0.05, 0) is 16.4 Å². The van der Waals surface area contributed by atoms with Gasteiger partial charge in [-0.1, -0.05) is 11.2 Å². The molecule has 0 bridgehead atoms. The van der Waals surface area contributed by atoms with E-state index >= 15 is 0 Å². The predicted octanol–water partition coefficient (Wildman–Crippen LogP) is 0.365. The topological polar surface area (TPSA) is 111 Å². The molecule has 11 heteroatoms. The highest BCUT2D eigenvalue weighted by atomic mass is 32.1. The van der Waals surface area contributed by atoms with Gasteiger partial charge < -0.3 is 9.84 Å². The Balaban J connectivity index is 1.36. The first-order chi connectivity index (χ1) is 13.5. The summed E-state index contributed by atoms with van der Waals surface area (Å²) in [6.45, 7) is 0.126. The molecule has 1 saturated heterocycles. The smallest absolute Gasteiger partial charge is 0.333 e. The normalized spacial score (nSPS) is 18.9. The number of carbonyl (C=O) groups excluding carboxylic acids is 3. The van der Waals surface area contributed by atoms with E-state index in [1.807, 2.05) is 17.5 Å². The molecule has 0 saturated carbocycles. The Morgan fingerprint density at radius 2 is 2.18 bits per heavy atom. The van der Waals surface area contributed by atoms with Crippen LogP contribution in [0.25, 0.3) is 10.6 Å². The van der Waals surface area contributed by atoms with Gasteiger partial charge in [0, 0.05) is 20.2 Å². The second kappa shape index (κ2) is 7.00. The van der Waals surface area contributed by atoms with E-state index in [2.05, 4.69) is 15.5 Å². The highest BCUT2D eigenvalue weighted by Gasteiger charge is 2.50. The summed E-state index contributed by atoms with van der Waals surface area (Å²) in [5.41, 5.74) is 0.595.